The van der Waals surface area contributed by atoms with Crippen molar-refractivity contribution in [1.29, 1.82) is 0 Å². The van der Waals surface area contributed by atoms with Gasteiger partial charge < -0.3 is 20.3 Å². The minimum Gasteiger partial charge on any atom is -0.488 e. The lowest BCUT2D eigenvalue weighted by Crippen LogP contribution is -2.71. The molecule has 184 valence electrons. The van der Waals surface area contributed by atoms with E-state index >= 15 is 0 Å². The van der Waals surface area contributed by atoms with Gasteiger partial charge in [0.2, 0.25) is 12.2 Å². The average Bonchev–Trinajstić information content (AvgIpc) is 2.98. The molecule has 2 unspecified atom stereocenters. The quantitative estimate of drug-likeness (QED) is 0.306. The number of halogens is 1. The molecule has 34 heavy (non-hydrogen) atoms. The monoisotopic (exact) mass is 491 g/mol. The Labute approximate surface area is 202 Å². The van der Waals surface area contributed by atoms with Crippen molar-refractivity contribution in [2.24, 2.45) is 28.6 Å². The molecule has 6 rings (SSSR count). The molecule has 0 spiro atoms. The maximum absolute atomic E-state index is 13.6. The van der Waals surface area contributed by atoms with Gasteiger partial charge in [0.1, 0.15) is 23.5 Å². The van der Waals surface area contributed by atoms with E-state index in [0.717, 1.165) is 0 Å². The fourth-order valence-electron chi connectivity index (χ4n) is 8.26. The molecule has 9 heteroatoms. The SMILES string of the molecule is C[C@H]1CC2[C@@H]3CCC4=CC(=O)C(C(=O)CNC=O)=C5OCC(=O)[C@]1(O)[C@@]2(C)C[C@H](O)C3(Cl)[C@]45C. The van der Waals surface area contributed by atoms with Crippen molar-refractivity contribution < 1.29 is 34.1 Å². The van der Waals surface area contributed by atoms with Gasteiger partial charge in [0.15, 0.2) is 11.6 Å². The molecule has 1 amide bonds. The van der Waals surface area contributed by atoms with E-state index in [2.05, 4.69) is 5.32 Å². The summed E-state index contributed by atoms with van der Waals surface area (Å²) in [5.41, 5.74) is -3.45. The Bertz CT molecular complexity index is 1080. The first kappa shape index (κ1) is 23.7. The van der Waals surface area contributed by atoms with Gasteiger partial charge in [0.25, 0.3) is 0 Å². The van der Waals surface area contributed by atoms with E-state index in [9.17, 15) is 29.4 Å². The molecule has 4 aliphatic carbocycles. The van der Waals surface area contributed by atoms with E-state index in [1.807, 2.05) is 13.8 Å². The Kier molecular flexibility index (Phi) is 5.05. The summed E-state index contributed by atoms with van der Waals surface area (Å²) >= 11 is 7.50. The molecule has 5 fully saturated rings. The van der Waals surface area contributed by atoms with Crippen LogP contribution in [-0.2, 0) is 23.9 Å². The number of hydrogen-bond acceptors (Lipinski definition) is 7. The van der Waals surface area contributed by atoms with Crippen molar-refractivity contribution in [1.82, 2.24) is 5.32 Å². The molecule has 3 N–H and O–H groups in total. The third-order valence-corrected chi connectivity index (χ3v) is 10.8. The molecule has 0 aromatic carbocycles. The highest BCUT2D eigenvalue weighted by Crippen LogP contribution is 2.73. The zero-order chi connectivity index (χ0) is 24.8. The van der Waals surface area contributed by atoms with Gasteiger partial charge in [-0.15, -0.1) is 11.6 Å². The van der Waals surface area contributed by atoms with Gasteiger partial charge in [-0.05, 0) is 56.4 Å². The lowest BCUT2D eigenvalue weighted by Gasteiger charge is -2.65. The summed E-state index contributed by atoms with van der Waals surface area (Å²) < 4.78 is 6.03. The summed E-state index contributed by atoms with van der Waals surface area (Å²) in [7, 11) is 0. The highest BCUT2D eigenvalue weighted by Gasteiger charge is 2.76. The molecule has 2 aliphatic heterocycles. The van der Waals surface area contributed by atoms with Crippen LogP contribution in [0.3, 0.4) is 0 Å². The molecule has 6 aliphatic rings. The Morgan fingerprint density at radius 3 is 2.71 bits per heavy atom. The molecule has 0 radical (unpaired) electrons. The number of rotatable bonds is 4. The number of aliphatic hydroxyl groups excluding tert-OH is 1. The first-order valence-corrected chi connectivity index (χ1v) is 12.2. The first-order valence-electron chi connectivity index (χ1n) is 11.8. The molecule has 0 aromatic heterocycles. The van der Waals surface area contributed by atoms with E-state index in [1.165, 1.54) is 6.08 Å². The number of ether oxygens (including phenoxy) is 1. The summed E-state index contributed by atoms with van der Waals surface area (Å²) in [4.78, 5) is 49.2. The van der Waals surface area contributed by atoms with Crippen LogP contribution in [0.1, 0.15) is 46.5 Å². The second-order valence-corrected chi connectivity index (χ2v) is 11.7. The Morgan fingerprint density at radius 2 is 2.03 bits per heavy atom. The van der Waals surface area contributed by atoms with Crippen molar-refractivity contribution in [2.45, 2.75) is 63.0 Å². The lowest BCUT2D eigenvalue weighted by molar-refractivity contribution is -0.188. The van der Waals surface area contributed by atoms with E-state index in [0.29, 0.717) is 31.2 Å². The number of carbonyl (C=O) groups is 4. The average molecular weight is 492 g/mol. The molecule has 2 heterocycles. The number of alkyl halides is 1. The van der Waals surface area contributed by atoms with Crippen molar-refractivity contribution in [3.8, 4) is 0 Å². The van der Waals surface area contributed by atoms with E-state index in [1.54, 1.807) is 6.92 Å². The van der Waals surface area contributed by atoms with Crippen LogP contribution in [0.25, 0.3) is 0 Å². The molecule has 0 aromatic rings. The molecule has 8 nitrogen and oxygen atoms in total. The highest BCUT2D eigenvalue weighted by molar-refractivity contribution is 6.29. The van der Waals surface area contributed by atoms with Crippen LogP contribution < -0.4 is 5.32 Å². The standard InChI is InChI=1S/C25H30ClNO7/c1-12-6-15-14-5-4-13-7-16(29)20(17(30)9-27-11-28)21-23(13,3)24(14,26)18(31)8-22(15,2)25(12,33)19(32)10-34-21/h7,11-12,14-15,18,31,33H,4-6,8-10H2,1-3H3,(H,27,28)/t12-,14-,15?,18-,22-,23+,24?,25-/m0/s1. The van der Waals surface area contributed by atoms with Crippen LogP contribution >= 0.6 is 11.6 Å². The number of amides is 1. The topological polar surface area (TPSA) is 130 Å². The predicted molar refractivity (Wildman–Crippen MR) is 121 cm³/mol. The number of fused-ring (bicyclic) bond motifs is 3. The van der Waals surface area contributed by atoms with Gasteiger partial charge >= 0.3 is 0 Å². The maximum atomic E-state index is 13.6. The number of allylic oxidation sites excluding steroid dienone is 2. The van der Waals surface area contributed by atoms with E-state index in [-0.39, 0.29) is 35.5 Å². The lowest BCUT2D eigenvalue weighted by atomic mass is 9.44. The van der Waals surface area contributed by atoms with Crippen LogP contribution in [0.4, 0.5) is 0 Å². The number of aliphatic hydroxyl groups is 2. The summed E-state index contributed by atoms with van der Waals surface area (Å²) in [6, 6.07) is 0. The van der Waals surface area contributed by atoms with Crippen molar-refractivity contribution in [3.63, 3.8) is 0 Å². The van der Waals surface area contributed by atoms with Crippen LogP contribution in [-0.4, -0.2) is 63.7 Å². The van der Waals surface area contributed by atoms with Crippen molar-refractivity contribution in [3.05, 3.63) is 23.0 Å². The van der Waals surface area contributed by atoms with Gasteiger partial charge in [-0.25, -0.2) is 0 Å². The second kappa shape index (κ2) is 7.24. The van der Waals surface area contributed by atoms with Gasteiger partial charge in [-0.3, -0.25) is 19.2 Å². The summed E-state index contributed by atoms with van der Waals surface area (Å²) in [6.45, 7) is 4.54. The second-order valence-electron chi connectivity index (χ2n) is 11.1. The van der Waals surface area contributed by atoms with Gasteiger partial charge in [-0.2, -0.15) is 0 Å². The minimum atomic E-state index is -1.73. The van der Waals surface area contributed by atoms with E-state index < -0.39 is 57.9 Å². The molecular weight excluding hydrogens is 462 g/mol. The van der Waals surface area contributed by atoms with Crippen LogP contribution in [0.15, 0.2) is 23.0 Å². The number of Topliss-reactive ketones (excluding diaryl/α,β-unsaturated/α-hetero) is 2. The fraction of sp³-hybridized carbons (Fsp3) is 0.680. The summed E-state index contributed by atoms with van der Waals surface area (Å²) in [5, 5.41) is 25.8. The minimum absolute atomic E-state index is 0.0408. The van der Waals surface area contributed by atoms with Crippen LogP contribution in [0.5, 0.6) is 0 Å². The van der Waals surface area contributed by atoms with Gasteiger partial charge in [0, 0.05) is 5.41 Å². The highest BCUT2D eigenvalue weighted by atomic mass is 35.5. The Balaban J connectivity index is 1.80. The number of nitrogens with one attached hydrogen (secondary N) is 1. The van der Waals surface area contributed by atoms with Crippen LogP contribution in [0.2, 0.25) is 0 Å². The van der Waals surface area contributed by atoms with Crippen molar-refractivity contribution >= 4 is 35.4 Å². The maximum Gasteiger partial charge on any atom is 0.207 e. The molecule has 2 saturated heterocycles. The summed E-state index contributed by atoms with van der Waals surface area (Å²) in [6.07, 6.45) is 2.42. The Morgan fingerprint density at radius 1 is 1.32 bits per heavy atom. The van der Waals surface area contributed by atoms with Crippen LogP contribution in [0, 0.1) is 28.6 Å². The molecule has 8 atom stereocenters. The number of ketones is 3. The smallest absolute Gasteiger partial charge is 0.207 e. The van der Waals surface area contributed by atoms with Gasteiger partial charge in [-0.1, -0.05) is 19.4 Å². The largest absolute Gasteiger partial charge is 0.488 e. The molecular formula is C25H30ClNO7. The zero-order valence-corrected chi connectivity index (χ0v) is 20.3. The number of carbonyl (C=O) groups excluding carboxylic acids is 4. The predicted octanol–water partition coefficient (Wildman–Crippen LogP) is 1.22. The summed E-state index contributed by atoms with van der Waals surface area (Å²) in [5.74, 6) is -2.61. The third kappa shape index (κ3) is 2.47. The zero-order valence-electron chi connectivity index (χ0n) is 19.5. The van der Waals surface area contributed by atoms with Gasteiger partial charge in [0.05, 0.1) is 22.9 Å². The molecule has 6 bridgehead atoms. The Hall–Kier alpha value is -2.03. The fourth-order valence-corrected chi connectivity index (χ4v) is 8.80. The molecule has 3 saturated carbocycles. The normalized spacial score (nSPS) is 47.2. The van der Waals surface area contributed by atoms with Crippen molar-refractivity contribution in [2.75, 3.05) is 13.2 Å². The van der Waals surface area contributed by atoms with E-state index in [4.69, 9.17) is 16.3 Å². The third-order valence-electron chi connectivity index (χ3n) is 9.90. The first-order chi connectivity index (χ1) is 15.9. The number of hydrogen-bond donors (Lipinski definition) is 3.